The van der Waals surface area contributed by atoms with Crippen LogP contribution in [0.15, 0.2) is 0 Å². The molecular weight excluding hydrogens is 228 g/mol. The second-order valence-electron chi connectivity index (χ2n) is 4.48. The van der Waals surface area contributed by atoms with Crippen molar-refractivity contribution in [3.63, 3.8) is 0 Å². The van der Waals surface area contributed by atoms with E-state index in [4.69, 9.17) is 4.74 Å². The van der Waals surface area contributed by atoms with Crippen LogP contribution in [0, 0.1) is 0 Å². The molecule has 0 radical (unpaired) electrons. The molecule has 0 aromatic heterocycles. The quantitative estimate of drug-likeness (QED) is 0.765. The Balaban J connectivity index is 2.80. The van der Waals surface area contributed by atoms with E-state index in [1.165, 1.54) is 0 Å². The van der Waals surface area contributed by atoms with Crippen LogP contribution < -0.4 is 5.32 Å². The van der Waals surface area contributed by atoms with Gasteiger partial charge in [0.15, 0.2) is 0 Å². The third kappa shape index (κ3) is 2.94. The van der Waals surface area contributed by atoms with Crippen molar-refractivity contribution in [3.8, 4) is 0 Å². The second-order valence-corrected chi connectivity index (χ2v) is 6.78. The minimum absolute atomic E-state index is 0.0206. The molecular formula is C10H22N2O3S. The molecule has 0 spiro atoms. The molecule has 1 rings (SSSR count). The van der Waals surface area contributed by atoms with Gasteiger partial charge in [-0.05, 0) is 27.8 Å². The van der Waals surface area contributed by atoms with Gasteiger partial charge >= 0.3 is 0 Å². The first kappa shape index (κ1) is 13.9. The van der Waals surface area contributed by atoms with E-state index in [1.807, 2.05) is 13.8 Å². The van der Waals surface area contributed by atoms with Crippen molar-refractivity contribution in [2.24, 2.45) is 0 Å². The van der Waals surface area contributed by atoms with Gasteiger partial charge in [0.05, 0.1) is 18.0 Å². The molecule has 96 valence electrons. The number of hydrogen-bond donors (Lipinski definition) is 1. The Kier molecular flexibility index (Phi) is 4.73. The van der Waals surface area contributed by atoms with Gasteiger partial charge in [0, 0.05) is 19.1 Å². The van der Waals surface area contributed by atoms with Gasteiger partial charge in [-0.15, -0.1) is 0 Å². The Morgan fingerprint density at radius 3 is 2.69 bits per heavy atom. The zero-order valence-electron chi connectivity index (χ0n) is 10.4. The zero-order valence-corrected chi connectivity index (χ0v) is 11.3. The van der Waals surface area contributed by atoms with Crippen LogP contribution in [0.3, 0.4) is 0 Å². The Hall–Kier alpha value is -0.170. The monoisotopic (exact) mass is 250 g/mol. The van der Waals surface area contributed by atoms with Crippen LogP contribution in [-0.2, 0) is 14.8 Å². The number of morpholine rings is 1. The summed E-state index contributed by atoms with van der Waals surface area (Å²) in [4.78, 5) is 0. The third-order valence-corrected chi connectivity index (χ3v) is 5.22. The lowest BCUT2D eigenvalue weighted by atomic mass is 10.2. The molecule has 0 bridgehead atoms. The van der Waals surface area contributed by atoms with Gasteiger partial charge in [-0.3, -0.25) is 0 Å². The number of ether oxygens (including phenoxy) is 1. The summed E-state index contributed by atoms with van der Waals surface area (Å²) in [5, 5.41) is 2.50. The number of rotatable bonds is 4. The SMILES string of the molecule is CNCC(C)S(=O)(=O)N1CC(C)OCC1C. The smallest absolute Gasteiger partial charge is 0.218 e. The molecule has 1 heterocycles. The lowest BCUT2D eigenvalue weighted by Crippen LogP contribution is -2.53. The zero-order chi connectivity index (χ0) is 12.3. The number of sulfonamides is 1. The highest BCUT2D eigenvalue weighted by Crippen LogP contribution is 2.18. The Morgan fingerprint density at radius 1 is 1.50 bits per heavy atom. The molecule has 0 aromatic rings. The molecule has 0 aliphatic carbocycles. The van der Waals surface area contributed by atoms with Gasteiger partial charge in [0.1, 0.15) is 0 Å². The average Bonchev–Trinajstić information content (AvgIpc) is 2.22. The molecule has 3 atom stereocenters. The van der Waals surface area contributed by atoms with Crippen molar-refractivity contribution >= 4 is 10.0 Å². The first-order chi connectivity index (χ1) is 7.39. The van der Waals surface area contributed by atoms with Crippen molar-refractivity contribution in [3.05, 3.63) is 0 Å². The maximum atomic E-state index is 12.3. The van der Waals surface area contributed by atoms with E-state index in [0.717, 1.165) is 0 Å². The predicted molar refractivity (Wildman–Crippen MR) is 63.9 cm³/mol. The van der Waals surface area contributed by atoms with Crippen molar-refractivity contribution < 1.29 is 13.2 Å². The molecule has 5 nitrogen and oxygen atoms in total. The molecule has 6 heteroatoms. The summed E-state index contributed by atoms with van der Waals surface area (Å²) in [6.07, 6.45) is -0.0206. The highest BCUT2D eigenvalue weighted by molar-refractivity contribution is 7.89. The minimum Gasteiger partial charge on any atom is -0.375 e. The first-order valence-corrected chi connectivity index (χ1v) is 7.16. The van der Waals surface area contributed by atoms with Crippen LogP contribution >= 0.6 is 0 Å². The standard InChI is InChI=1S/C10H22N2O3S/c1-8-7-15-9(2)6-12(8)16(13,14)10(3)5-11-4/h8-11H,5-7H2,1-4H3. The molecule has 1 saturated heterocycles. The van der Waals surface area contributed by atoms with Crippen LogP contribution in [0.4, 0.5) is 0 Å². The summed E-state index contributed by atoms with van der Waals surface area (Å²) >= 11 is 0. The summed E-state index contributed by atoms with van der Waals surface area (Å²) in [5.74, 6) is 0. The lowest BCUT2D eigenvalue weighted by Gasteiger charge is -2.37. The minimum atomic E-state index is -3.22. The molecule has 0 saturated carbocycles. The molecule has 16 heavy (non-hydrogen) atoms. The topological polar surface area (TPSA) is 58.6 Å². The second kappa shape index (κ2) is 5.44. The molecule has 1 N–H and O–H groups in total. The summed E-state index contributed by atoms with van der Waals surface area (Å²) in [6.45, 7) is 6.93. The van der Waals surface area contributed by atoms with E-state index in [1.54, 1.807) is 18.3 Å². The van der Waals surface area contributed by atoms with Crippen LogP contribution in [0.25, 0.3) is 0 Å². The molecule has 3 unspecified atom stereocenters. The van der Waals surface area contributed by atoms with E-state index >= 15 is 0 Å². The molecule has 1 fully saturated rings. The van der Waals surface area contributed by atoms with Gasteiger partial charge < -0.3 is 10.1 Å². The predicted octanol–water partition coefficient (Wildman–Crippen LogP) is 0.0333. The normalized spacial score (nSPS) is 30.2. The lowest BCUT2D eigenvalue weighted by molar-refractivity contribution is -0.0173. The molecule has 1 aliphatic heterocycles. The maximum Gasteiger partial charge on any atom is 0.218 e. The highest BCUT2D eigenvalue weighted by Gasteiger charge is 2.35. The Bertz CT molecular complexity index is 318. The highest BCUT2D eigenvalue weighted by atomic mass is 32.2. The van der Waals surface area contributed by atoms with Gasteiger partial charge in [0.2, 0.25) is 10.0 Å². The van der Waals surface area contributed by atoms with Gasteiger partial charge in [-0.25, -0.2) is 8.42 Å². The molecule has 1 aliphatic rings. The van der Waals surface area contributed by atoms with E-state index in [-0.39, 0.29) is 12.1 Å². The molecule has 0 amide bonds. The van der Waals surface area contributed by atoms with E-state index in [2.05, 4.69) is 5.32 Å². The summed E-state index contributed by atoms with van der Waals surface area (Å²) < 4.78 is 31.5. The van der Waals surface area contributed by atoms with Crippen LogP contribution in [0.5, 0.6) is 0 Å². The first-order valence-electron chi connectivity index (χ1n) is 5.66. The van der Waals surface area contributed by atoms with Crippen molar-refractivity contribution in [1.29, 1.82) is 0 Å². The van der Waals surface area contributed by atoms with Crippen molar-refractivity contribution in [2.75, 3.05) is 26.7 Å². The van der Waals surface area contributed by atoms with Crippen LogP contribution in [0.2, 0.25) is 0 Å². The third-order valence-electron chi connectivity index (χ3n) is 2.88. The van der Waals surface area contributed by atoms with Gasteiger partial charge in [-0.1, -0.05) is 0 Å². The Morgan fingerprint density at radius 2 is 2.12 bits per heavy atom. The van der Waals surface area contributed by atoms with Crippen molar-refractivity contribution in [1.82, 2.24) is 9.62 Å². The van der Waals surface area contributed by atoms with Crippen LogP contribution in [-0.4, -0.2) is 56.9 Å². The average molecular weight is 250 g/mol. The summed E-state index contributed by atoms with van der Waals surface area (Å²) in [6, 6.07) is -0.0690. The molecule has 0 aromatic carbocycles. The fraction of sp³-hybridized carbons (Fsp3) is 1.00. The van der Waals surface area contributed by atoms with Crippen molar-refractivity contribution in [2.45, 2.75) is 38.2 Å². The number of nitrogens with zero attached hydrogens (tertiary/aromatic N) is 1. The fourth-order valence-corrected chi connectivity index (χ4v) is 3.67. The van der Waals surface area contributed by atoms with E-state index in [0.29, 0.717) is 19.7 Å². The van der Waals surface area contributed by atoms with Crippen LogP contribution in [0.1, 0.15) is 20.8 Å². The summed E-state index contributed by atoms with van der Waals surface area (Å²) in [5.41, 5.74) is 0. The van der Waals surface area contributed by atoms with E-state index < -0.39 is 15.3 Å². The fourth-order valence-electron chi connectivity index (χ4n) is 1.85. The van der Waals surface area contributed by atoms with Gasteiger partial charge in [0.25, 0.3) is 0 Å². The van der Waals surface area contributed by atoms with E-state index in [9.17, 15) is 8.42 Å². The maximum absolute atomic E-state index is 12.3. The Labute approximate surface area is 98.2 Å². The number of hydrogen-bond acceptors (Lipinski definition) is 4. The number of nitrogens with one attached hydrogen (secondary N) is 1. The largest absolute Gasteiger partial charge is 0.375 e. The van der Waals surface area contributed by atoms with Gasteiger partial charge in [-0.2, -0.15) is 4.31 Å². The summed E-state index contributed by atoms with van der Waals surface area (Å²) in [7, 11) is -1.45.